The first-order valence-electron chi connectivity index (χ1n) is 2.79. The molecule has 0 fully saturated rings. The topological polar surface area (TPSA) is 20.2 Å². The van der Waals surface area contributed by atoms with Gasteiger partial charge in [0, 0.05) is 4.43 Å². The Balaban J connectivity index is 3.71. The minimum Gasteiger partial charge on any atom is -0.389 e. The lowest BCUT2D eigenvalue weighted by Crippen LogP contribution is -2.32. The maximum absolute atomic E-state index is 9.39. The summed E-state index contributed by atoms with van der Waals surface area (Å²) in [5.74, 6) is 0.361. The van der Waals surface area contributed by atoms with Gasteiger partial charge in [-0.3, -0.25) is 0 Å². The fourth-order valence-electron chi connectivity index (χ4n) is 0.154. The Kier molecular flexibility index (Phi) is 3.27. The van der Waals surface area contributed by atoms with Crippen molar-refractivity contribution in [1.82, 2.24) is 0 Å². The van der Waals surface area contributed by atoms with Crippen molar-refractivity contribution < 1.29 is 5.11 Å². The summed E-state index contributed by atoms with van der Waals surface area (Å²) in [4.78, 5) is 0. The SMILES string of the molecule is CC(C)C(C)(O)CI. The molecule has 0 saturated heterocycles. The minimum absolute atomic E-state index is 0.361. The molecule has 0 aliphatic carbocycles. The first-order chi connectivity index (χ1) is 3.50. The lowest BCUT2D eigenvalue weighted by molar-refractivity contribution is 0.0406. The smallest absolute Gasteiger partial charge is 0.0731 e. The van der Waals surface area contributed by atoms with Crippen LogP contribution in [0.2, 0.25) is 0 Å². The van der Waals surface area contributed by atoms with Crippen LogP contribution >= 0.6 is 22.6 Å². The molecule has 1 unspecified atom stereocenters. The Hall–Kier alpha value is 0.690. The number of alkyl halides is 1. The van der Waals surface area contributed by atoms with Crippen LogP contribution in [0.25, 0.3) is 0 Å². The molecule has 0 bridgehead atoms. The predicted octanol–water partition coefficient (Wildman–Crippen LogP) is 1.83. The Morgan fingerprint density at radius 3 is 2.00 bits per heavy atom. The lowest BCUT2D eigenvalue weighted by atomic mass is 9.95. The van der Waals surface area contributed by atoms with Crippen LogP contribution < -0.4 is 0 Å². The van der Waals surface area contributed by atoms with Crippen molar-refractivity contribution in [2.45, 2.75) is 26.4 Å². The second-order valence-electron chi connectivity index (χ2n) is 2.65. The molecule has 0 aliphatic heterocycles. The Morgan fingerprint density at radius 2 is 2.00 bits per heavy atom. The average molecular weight is 228 g/mol. The van der Waals surface area contributed by atoms with E-state index in [0.717, 1.165) is 4.43 Å². The summed E-state index contributed by atoms with van der Waals surface area (Å²) in [5.41, 5.74) is -0.472. The molecular weight excluding hydrogens is 215 g/mol. The zero-order valence-electron chi connectivity index (χ0n) is 5.61. The molecule has 0 aromatic carbocycles. The maximum atomic E-state index is 9.39. The van der Waals surface area contributed by atoms with Crippen LogP contribution in [-0.4, -0.2) is 15.1 Å². The van der Waals surface area contributed by atoms with Crippen molar-refractivity contribution in [3.63, 3.8) is 0 Å². The van der Waals surface area contributed by atoms with Gasteiger partial charge >= 0.3 is 0 Å². The lowest BCUT2D eigenvalue weighted by Gasteiger charge is -2.24. The largest absolute Gasteiger partial charge is 0.389 e. The second-order valence-corrected chi connectivity index (χ2v) is 3.41. The van der Waals surface area contributed by atoms with E-state index in [0.29, 0.717) is 5.92 Å². The highest BCUT2D eigenvalue weighted by atomic mass is 127. The van der Waals surface area contributed by atoms with Crippen molar-refractivity contribution in [3.05, 3.63) is 0 Å². The van der Waals surface area contributed by atoms with Gasteiger partial charge in [0.25, 0.3) is 0 Å². The van der Waals surface area contributed by atoms with E-state index in [1.165, 1.54) is 0 Å². The zero-order valence-corrected chi connectivity index (χ0v) is 7.77. The van der Waals surface area contributed by atoms with E-state index < -0.39 is 5.60 Å². The van der Waals surface area contributed by atoms with Gasteiger partial charge in [-0.1, -0.05) is 36.4 Å². The normalized spacial score (nSPS) is 18.8. The quantitative estimate of drug-likeness (QED) is 0.564. The average Bonchev–Trinajstić information content (AvgIpc) is 1.67. The number of rotatable bonds is 2. The van der Waals surface area contributed by atoms with Gasteiger partial charge in [0.2, 0.25) is 0 Å². The van der Waals surface area contributed by atoms with Gasteiger partial charge in [-0.15, -0.1) is 0 Å². The Labute approximate surface area is 64.6 Å². The van der Waals surface area contributed by atoms with Gasteiger partial charge < -0.3 is 5.11 Å². The molecule has 0 radical (unpaired) electrons. The number of aliphatic hydroxyl groups is 1. The molecule has 0 saturated carbocycles. The Bertz CT molecular complexity index is 68.9. The van der Waals surface area contributed by atoms with Crippen molar-refractivity contribution >= 4 is 22.6 Å². The summed E-state index contributed by atoms with van der Waals surface area (Å²) in [6, 6.07) is 0. The van der Waals surface area contributed by atoms with E-state index in [-0.39, 0.29) is 0 Å². The highest BCUT2D eigenvalue weighted by Crippen LogP contribution is 2.17. The molecule has 1 N–H and O–H groups in total. The van der Waals surface area contributed by atoms with E-state index in [2.05, 4.69) is 22.6 Å². The third-order valence-electron chi connectivity index (χ3n) is 1.51. The molecule has 0 aliphatic rings. The van der Waals surface area contributed by atoms with Gasteiger partial charge in [0.15, 0.2) is 0 Å². The van der Waals surface area contributed by atoms with Crippen molar-refractivity contribution in [3.8, 4) is 0 Å². The molecule has 0 heterocycles. The van der Waals surface area contributed by atoms with Crippen LogP contribution in [-0.2, 0) is 0 Å². The van der Waals surface area contributed by atoms with E-state index in [4.69, 9.17) is 0 Å². The van der Waals surface area contributed by atoms with E-state index in [1.54, 1.807) is 0 Å². The minimum atomic E-state index is -0.472. The molecule has 2 heteroatoms. The van der Waals surface area contributed by atoms with E-state index in [9.17, 15) is 5.11 Å². The standard InChI is InChI=1S/C6H13IO/c1-5(2)6(3,8)4-7/h5,8H,4H2,1-3H3. The predicted molar refractivity (Wildman–Crippen MR) is 44.3 cm³/mol. The fraction of sp³-hybridized carbons (Fsp3) is 1.00. The van der Waals surface area contributed by atoms with Crippen molar-refractivity contribution in [2.75, 3.05) is 4.43 Å². The summed E-state index contributed by atoms with van der Waals surface area (Å²) >= 11 is 2.20. The van der Waals surface area contributed by atoms with Gasteiger partial charge in [-0.05, 0) is 12.8 Å². The third-order valence-corrected chi connectivity index (χ3v) is 3.06. The molecule has 0 aromatic heterocycles. The van der Waals surface area contributed by atoms with Crippen LogP contribution in [0.1, 0.15) is 20.8 Å². The molecule has 8 heavy (non-hydrogen) atoms. The van der Waals surface area contributed by atoms with Crippen molar-refractivity contribution in [1.29, 1.82) is 0 Å². The van der Waals surface area contributed by atoms with Gasteiger partial charge in [0.1, 0.15) is 0 Å². The van der Waals surface area contributed by atoms with Crippen molar-refractivity contribution in [2.24, 2.45) is 5.92 Å². The Morgan fingerprint density at radius 1 is 1.62 bits per heavy atom. The highest BCUT2D eigenvalue weighted by molar-refractivity contribution is 14.1. The van der Waals surface area contributed by atoms with Gasteiger partial charge in [-0.2, -0.15) is 0 Å². The molecule has 0 amide bonds. The monoisotopic (exact) mass is 228 g/mol. The number of hydrogen-bond donors (Lipinski definition) is 1. The zero-order chi connectivity index (χ0) is 6.78. The summed E-state index contributed by atoms with van der Waals surface area (Å²) < 4.78 is 0.808. The van der Waals surface area contributed by atoms with E-state index >= 15 is 0 Å². The molecule has 0 spiro atoms. The van der Waals surface area contributed by atoms with Gasteiger partial charge in [-0.25, -0.2) is 0 Å². The first kappa shape index (κ1) is 8.69. The highest BCUT2D eigenvalue weighted by Gasteiger charge is 2.22. The molecule has 50 valence electrons. The van der Waals surface area contributed by atoms with Gasteiger partial charge in [0.05, 0.1) is 5.60 Å². The first-order valence-corrected chi connectivity index (χ1v) is 4.31. The maximum Gasteiger partial charge on any atom is 0.0731 e. The molecule has 1 atom stereocenters. The van der Waals surface area contributed by atoms with Crippen LogP contribution in [0.15, 0.2) is 0 Å². The number of halogens is 1. The van der Waals surface area contributed by atoms with E-state index in [1.807, 2.05) is 20.8 Å². The summed E-state index contributed by atoms with van der Waals surface area (Å²) in [6.45, 7) is 5.92. The second kappa shape index (κ2) is 3.01. The third kappa shape index (κ3) is 2.31. The fourth-order valence-corrected chi connectivity index (χ4v) is 1.04. The van der Waals surface area contributed by atoms with Crippen LogP contribution in [0, 0.1) is 5.92 Å². The van der Waals surface area contributed by atoms with Crippen LogP contribution in [0.5, 0.6) is 0 Å². The summed E-state index contributed by atoms with van der Waals surface area (Å²) in [7, 11) is 0. The molecule has 0 rings (SSSR count). The summed E-state index contributed by atoms with van der Waals surface area (Å²) in [5, 5.41) is 9.39. The molecule has 1 nitrogen and oxygen atoms in total. The number of hydrogen-bond acceptors (Lipinski definition) is 1. The summed E-state index contributed by atoms with van der Waals surface area (Å²) in [6.07, 6.45) is 0. The van der Waals surface area contributed by atoms with Crippen LogP contribution in [0.4, 0.5) is 0 Å². The van der Waals surface area contributed by atoms with Crippen LogP contribution in [0.3, 0.4) is 0 Å². The molecular formula is C6H13IO. The molecule has 0 aromatic rings.